The molecule has 0 heterocycles. The van der Waals surface area contributed by atoms with Gasteiger partial charge in [-0.2, -0.15) is 0 Å². The summed E-state index contributed by atoms with van der Waals surface area (Å²) in [6.07, 6.45) is 1.12. The van der Waals surface area contributed by atoms with Gasteiger partial charge in [-0.3, -0.25) is 9.52 Å². The molecular formula is C24H25ClN2O5S2. The topological polar surface area (TPSA) is 109 Å². The molecule has 3 rings (SSSR count). The number of carbonyl (C=O) groups excluding carboxylic acids is 1. The summed E-state index contributed by atoms with van der Waals surface area (Å²) in [5.74, 6) is -0.501. The molecule has 0 saturated heterocycles. The molecule has 1 amide bonds. The van der Waals surface area contributed by atoms with Crippen LogP contribution in [0.4, 0.5) is 5.69 Å². The highest BCUT2D eigenvalue weighted by Gasteiger charge is 2.21. The number of nitrogens with one attached hydrogen (secondary N) is 2. The summed E-state index contributed by atoms with van der Waals surface area (Å²) in [6.45, 7) is 5.54. The van der Waals surface area contributed by atoms with Gasteiger partial charge in [0, 0.05) is 17.5 Å². The highest BCUT2D eigenvalue weighted by Crippen LogP contribution is 2.26. The molecule has 0 fully saturated rings. The summed E-state index contributed by atoms with van der Waals surface area (Å²) in [4.78, 5) is 12.8. The SMILES string of the molecule is Cc1ccc(NS(=O)(=O)c2cc(C(=O)NC(C)c3ccc(S(C)(=O)=O)cc3)ccc2Cl)cc1C. The van der Waals surface area contributed by atoms with Gasteiger partial charge in [-0.15, -0.1) is 0 Å². The average Bonchev–Trinajstić information content (AvgIpc) is 2.75. The number of halogens is 1. The number of sulfone groups is 1. The molecule has 0 aliphatic rings. The zero-order valence-electron chi connectivity index (χ0n) is 19.1. The predicted octanol–water partition coefficient (Wildman–Crippen LogP) is 4.65. The molecule has 3 aromatic carbocycles. The number of sulfonamides is 1. The summed E-state index contributed by atoms with van der Waals surface area (Å²) < 4.78 is 51.7. The third-order valence-electron chi connectivity index (χ3n) is 5.40. The van der Waals surface area contributed by atoms with Crippen molar-refractivity contribution >= 4 is 43.1 Å². The van der Waals surface area contributed by atoms with E-state index in [0.717, 1.165) is 17.4 Å². The maximum absolute atomic E-state index is 13.0. The molecule has 0 bridgehead atoms. The van der Waals surface area contributed by atoms with Crippen LogP contribution in [0.25, 0.3) is 0 Å². The highest BCUT2D eigenvalue weighted by atomic mass is 35.5. The fourth-order valence-electron chi connectivity index (χ4n) is 3.23. The molecule has 10 heteroatoms. The van der Waals surface area contributed by atoms with Crippen LogP contribution < -0.4 is 10.0 Å². The molecule has 3 aromatic rings. The third-order valence-corrected chi connectivity index (χ3v) is 8.39. The Bertz CT molecular complexity index is 1450. The Morgan fingerprint density at radius 3 is 2.12 bits per heavy atom. The first kappa shape index (κ1) is 25.7. The van der Waals surface area contributed by atoms with E-state index in [0.29, 0.717) is 11.3 Å². The molecule has 0 radical (unpaired) electrons. The van der Waals surface area contributed by atoms with Gasteiger partial charge in [0.2, 0.25) is 0 Å². The maximum atomic E-state index is 13.0. The Kier molecular flexibility index (Phi) is 7.40. The van der Waals surface area contributed by atoms with Gasteiger partial charge in [-0.1, -0.05) is 29.8 Å². The van der Waals surface area contributed by atoms with Crippen molar-refractivity contribution in [2.45, 2.75) is 36.6 Å². The fourth-order valence-corrected chi connectivity index (χ4v) is 5.44. The quantitative estimate of drug-likeness (QED) is 0.471. The summed E-state index contributed by atoms with van der Waals surface area (Å²) in [5.41, 5.74) is 3.15. The van der Waals surface area contributed by atoms with E-state index in [-0.39, 0.29) is 20.4 Å². The molecule has 1 atom stereocenters. The molecule has 2 N–H and O–H groups in total. The normalized spacial score (nSPS) is 12.7. The van der Waals surface area contributed by atoms with Crippen molar-refractivity contribution in [3.05, 3.63) is 87.9 Å². The van der Waals surface area contributed by atoms with Crippen LogP contribution in [-0.2, 0) is 19.9 Å². The predicted molar refractivity (Wildman–Crippen MR) is 134 cm³/mol. The van der Waals surface area contributed by atoms with Gasteiger partial charge in [-0.25, -0.2) is 16.8 Å². The molecule has 0 spiro atoms. The van der Waals surface area contributed by atoms with Crippen LogP contribution in [0, 0.1) is 13.8 Å². The molecule has 0 saturated carbocycles. The van der Waals surface area contributed by atoms with Crippen LogP contribution in [0.2, 0.25) is 5.02 Å². The van der Waals surface area contributed by atoms with Gasteiger partial charge >= 0.3 is 0 Å². The van der Waals surface area contributed by atoms with Crippen LogP contribution in [0.15, 0.2) is 70.5 Å². The highest BCUT2D eigenvalue weighted by molar-refractivity contribution is 7.92. The van der Waals surface area contributed by atoms with Crippen molar-refractivity contribution in [1.82, 2.24) is 5.32 Å². The lowest BCUT2D eigenvalue weighted by atomic mass is 10.1. The number of benzene rings is 3. The molecule has 180 valence electrons. The molecule has 34 heavy (non-hydrogen) atoms. The van der Waals surface area contributed by atoms with Crippen LogP contribution in [0.1, 0.15) is 40.0 Å². The Morgan fingerprint density at radius 1 is 0.882 bits per heavy atom. The minimum Gasteiger partial charge on any atom is -0.346 e. The second-order valence-electron chi connectivity index (χ2n) is 8.09. The minimum atomic E-state index is -4.05. The number of aryl methyl sites for hydroxylation is 2. The van der Waals surface area contributed by atoms with Gasteiger partial charge in [-0.05, 0) is 79.9 Å². The molecule has 0 aliphatic carbocycles. The Morgan fingerprint density at radius 2 is 1.53 bits per heavy atom. The number of hydrogen-bond acceptors (Lipinski definition) is 5. The van der Waals surface area contributed by atoms with Gasteiger partial charge < -0.3 is 5.32 Å². The van der Waals surface area contributed by atoms with Crippen LogP contribution in [-0.4, -0.2) is 29.0 Å². The molecule has 0 aliphatic heterocycles. The van der Waals surface area contributed by atoms with E-state index in [4.69, 9.17) is 11.6 Å². The van der Waals surface area contributed by atoms with Crippen molar-refractivity contribution in [3.8, 4) is 0 Å². The van der Waals surface area contributed by atoms with Crippen molar-refractivity contribution in [2.75, 3.05) is 11.0 Å². The lowest BCUT2D eigenvalue weighted by molar-refractivity contribution is 0.0939. The number of anilines is 1. The number of rotatable bonds is 7. The van der Waals surface area contributed by atoms with Crippen molar-refractivity contribution in [1.29, 1.82) is 0 Å². The molecule has 1 unspecified atom stereocenters. The van der Waals surface area contributed by atoms with E-state index in [1.807, 2.05) is 19.9 Å². The lowest BCUT2D eigenvalue weighted by Crippen LogP contribution is -2.27. The minimum absolute atomic E-state index is 0.0164. The molecular weight excluding hydrogens is 496 g/mol. The monoisotopic (exact) mass is 520 g/mol. The van der Waals surface area contributed by atoms with Crippen LogP contribution in [0.3, 0.4) is 0 Å². The van der Waals surface area contributed by atoms with Crippen LogP contribution >= 0.6 is 11.6 Å². The second-order valence-corrected chi connectivity index (χ2v) is 12.2. The lowest BCUT2D eigenvalue weighted by Gasteiger charge is -2.16. The number of amides is 1. The van der Waals surface area contributed by atoms with Crippen molar-refractivity contribution in [3.63, 3.8) is 0 Å². The zero-order chi connectivity index (χ0) is 25.3. The van der Waals surface area contributed by atoms with Crippen molar-refractivity contribution in [2.24, 2.45) is 0 Å². The second kappa shape index (κ2) is 9.77. The third kappa shape index (κ3) is 5.97. The first-order valence-corrected chi connectivity index (χ1v) is 14.0. The van der Waals surface area contributed by atoms with E-state index >= 15 is 0 Å². The molecule has 7 nitrogen and oxygen atoms in total. The summed E-state index contributed by atoms with van der Waals surface area (Å²) >= 11 is 6.16. The van der Waals surface area contributed by atoms with E-state index in [2.05, 4.69) is 10.0 Å². The van der Waals surface area contributed by atoms with Gasteiger partial charge in [0.25, 0.3) is 15.9 Å². The van der Waals surface area contributed by atoms with Gasteiger partial charge in [0.05, 0.1) is 16.0 Å². The standard InChI is InChI=1S/C24H25ClN2O5S2/c1-15-5-9-20(13-16(15)2)27-34(31,32)23-14-19(8-12-22(23)25)24(28)26-17(3)18-6-10-21(11-7-18)33(4,29)30/h5-14,17,27H,1-4H3,(H,26,28). The Balaban J connectivity index is 1.81. The van der Waals surface area contributed by atoms with E-state index in [1.165, 1.54) is 30.3 Å². The maximum Gasteiger partial charge on any atom is 0.263 e. The molecule has 0 aromatic heterocycles. The zero-order valence-corrected chi connectivity index (χ0v) is 21.5. The van der Waals surface area contributed by atoms with Crippen LogP contribution in [0.5, 0.6) is 0 Å². The summed E-state index contributed by atoms with van der Waals surface area (Å²) in [5, 5.41) is 2.77. The van der Waals surface area contributed by atoms with Gasteiger partial charge in [0.15, 0.2) is 9.84 Å². The summed E-state index contributed by atoms with van der Waals surface area (Å²) in [6, 6.07) is 14.9. The van der Waals surface area contributed by atoms with E-state index < -0.39 is 31.8 Å². The number of hydrogen-bond donors (Lipinski definition) is 2. The Hall–Kier alpha value is -2.88. The van der Waals surface area contributed by atoms with Crippen molar-refractivity contribution < 1.29 is 21.6 Å². The fraction of sp³-hybridized carbons (Fsp3) is 0.208. The van der Waals surface area contributed by atoms with E-state index in [1.54, 1.807) is 31.2 Å². The smallest absolute Gasteiger partial charge is 0.263 e. The first-order chi connectivity index (χ1) is 15.8. The van der Waals surface area contributed by atoms with Gasteiger partial charge in [0.1, 0.15) is 4.90 Å². The summed E-state index contributed by atoms with van der Waals surface area (Å²) in [7, 11) is -7.37. The van der Waals surface area contributed by atoms with E-state index in [9.17, 15) is 21.6 Å². The first-order valence-electron chi connectivity index (χ1n) is 10.3. The average molecular weight is 521 g/mol. The Labute approximate surface area is 205 Å². The number of carbonyl (C=O) groups is 1. The largest absolute Gasteiger partial charge is 0.346 e.